The van der Waals surface area contributed by atoms with Crippen LogP contribution in [0.25, 0.3) is 0 Å². The van der Waals surface area contributed by atoms with Gasteiger partial charge in [0.1, 0.15) is 11.5 Å². The molecule has 0 aromatic heterocycles. The fourth-order valence-electron chi connectivity index (χ4n) is 2.87. The summed E-state index contributed by atoms with van der Waals surface area (Å²) in [6, 6.07) is 16.7. The molecule has 1 atom stereocenters. The average molecular weight is 386 g/mol. The van der Waals surface area contributed by atoms with Gasteiger partial charge in [0.15, 0.2) is 0 Å². The van der Waals surface area contributed by atoms with Gasteiger partial charge < -0.3 is 15.6 Å². The summed E-state index contributed by atoms with van der Waals surface area (Å²) in [5.41, 5.74) is 6.14. The predicted molar refractivity (Wildman–Crippen MR) is 116 cm³/mol. The third-order valence-electron chi connectivity index (χ3n) is 4.53. The van der Waals surface area contributed by atoms with Gasteiger partial charge in [0.25, 0.3) is 0 Å². The van der Waals surface area contributed by atoms with Crippen LogP contribution in [0.1, 0.15) is 70.3 Å². The zero-order chi connectivity index (χ0) is 20.6. The van der Waals surface area contributed by atoms with Crippen LogP contribution in [0.3, 0.4) is 0 Å². The lowest BCUT2D eigenvalue weighted by Crippen LogP contribution is -2.10. The largest absolute Gasteiger partial charge is 0.481 e. The number of hydrogen-bond acceptors (Lipinski definition) is 3. The number of nitrogens with two attached hydrogens (primary N) is 1. The fraction of sp³-hybridized carbons (Fsp3) is 0.458. The maximum absolute atomic E-state index is 11.1. The Labute approximate surface area is 169 Å². The van der Waals surface area contributed by atoms with Crippen molar-refractivity contribution in [3.8, 4) is 11.5 Å². The maximum Gasteiger partial charge on any atom is 0.310 e. The molecule has 0 aliphatic rings. The van der Waals surface area contributed by atoms with Gasteiger partial charge in [-0.2, -0.15) is 0 Å². The first-order valence-electron chi connectivity index (χ1n) is 10.4. The SMILES string of the molecule is CCC(C(=O)O)c1ccc(Oc2ccccc2)cc1.CCCCCCCCN. The third-order valence-corrected chi connectivity index (χ3v) is 4.53. The van der Waals surface area contributed by atoms with Gasteiger partial charge in [0, 0.05) is 0 Å². The van der Waals surface area contributed by atoms with Crippen LogP contribution in [0.15, 0.2) is 54.6 Å². The van der Waals surface area contributed by atoms with E-state index in [1.165, 1.54) is 38.5 Å². The molecule has 2 aromatic carbocycles. The van der Waals surface area contributed by atoms with Gasteiger partial charge in [-0.05, 0) is 49.2 Å². The van der Waals surface area contributed by atoms with Crippen molar-refractivity contribution in [2.75, 3.05) is 6.54 Å². The number of carboxylic acid groups (broad SMARTS) is 1. The molecule has 154 valence electrons. The van der Waals surface area contributed by atoms with Crippen LogP contribution < -0.4 is 10.5 Å². The number of rotatable bonds is 11. The Morgan fingerprint density at radius 2 is 1.46 bits per heavy atom. The molecule has 0 bridgehead atoms. The first-order valence-corrected chi connectivity index (χ1v) is 10.4. The molecule has 0 saturated heterocycles. The summed E-state index contributed by atoms with van der Waals surface area (Å²) in [6.07, 6.45) is 8.63. The molecule has 0 radical (unpaired) electrons. The van der Waals surface area contributed by atoms with Crippen LogP contribution in [-0.4, -0.2) is 17.6 Å². The molecule has 0 spiro atoms. The van der Waals surface area contributed by atoms with Crippen molar-refractivity contribution in [2.24, 2.45) is 5.73 Å². The topological polar surface area (TPSA) is 72.5 Å². The Morgan fingerprint density at radius 1 is 0.893 bits per heavy atom. The molecular weight excluding hydrogens is 350 g/mol. The number of carboxylic acids is 1. The highest BCUT2D eigenvalue weighted by atomic mass is 16.5. The molecule has 28 heavy (non-hydrogen) atoms. The van der Waals surface area contributed by atoms with E-state index in [4.69, 9.17) is 15.6 Å². The monoisotopic (exact) mass is 385 g/mol. The highest BCUT2D eigenvalue weighted by molar-refractivity contribution is 5.76. The number of ether oxygens (including phenoxy) is 1. The number of benzene rings is 2. The first kappa shape index (κ1) is 23.7. The summed E-state index contributed by atoms with van der Waals surface area (Å²) in [4.78, 5) is 11.1. The molecular formula is C24H35NO3. The van der Waals surface area contributed by atoms with E-state index in [-0.39, 0.29) is 0 Å². The first-order chi connectivity index (χ1) is 13.6. The van der Waals surface area contributed by atoms with Crippen molar-refractivity contribution in [1.82, 2.24) is 0 Å². The third kappa shape index (κ3) is 9.56. The minimum absolute atomic E-state index is 0.453. The average Bonchev–Trinajstić information content (AvgIpc) is 2.71. The van der Waals surface area contributed by atoms with Gasteiger partial charge in [0.2, 0.25) is 0 Å². The Bertz CT molecular complexity index is 635. The zero-order valence-electron chi connectivity index (χ0n) is 17.3. The summed E-state index contributed by atoms with van der Waals surface area (Å²) in [5.74, 6) is 0.223. The number of unbranched alkanes of at least 4 members (excludes halogenated alkanes) is 5. The molecule has 0 aliphatic heterocycles. The number of carbonyl (C=O) groups is 1. The Hall–Kier alpha value is -2.33. The van der Waals surface area contributed by atoms with Crippen LogP contribution in [-0.2, 0) is 4.79 Å². The van der Waals surface area contributed by atoms with Crippen LogP contribution >= 0.6 is 0 Å². The summed E-state index contributed by atoms with van der Waals surface area (Å²) >= 11 is 0. The van der Waals surface area contributed by atoms with Gasteiger partial charge in [-0.1, -0.05) is 76.3 Å². The second-order valence-electron chi connectivity index (χ2n) is 6.84. The molecule has 4 heteroatoms. The standard InChI is InChI=1S/C16H16O3.C8H19N/c1-2-15(16(17)18)12-8-10-14(11-9-12)19-13-6-4-3-5-7-13;1-2-3-4-5-6-7-8-9/h3-11,15H,2H2,1H3,(H,17,18);2-9H2,1H3. The number of hydrogen-bond donors (Lipinski definition) is 2. The molecule has 0 amide bonds. The van der Waals surface area contributed by atoms with Gasteiger partial charge in [0.05, 0.1) is 5.92 Å². The highest BCUT2D eigenvalue weighted by Crippen LogP contribution is 2.25. The fourth-order valence-corrected chi connectivity index (χ4v) is 2.87. The summed E-state index contributed by atoms with van der Waals surface area (Å²) in [6.45, 7) is 4.97. The predicted octanol–water partition coefficient (Wildman–Crippen LogP) is 6.36. The van der Waals surface area contributed by atoms with E-state index < -0.39 is 11.9 Å². The van der Waals surface area contributed by atoms with Gasteiger partial charge in [-0.15, -0.1) is 0 Å². The second-order valence-corrected chi connectivity index (χ2v) is 6.84. The molecule has 4 nitrogen and oxygen atoms in total. The van der Waals surface area contributed by atoms with Crippen molar-refractivity contribution >= 4 is 5.97 Å². The lowest BCUT2D eigenvalue weighted by Gasteiger charge is -2.11. The summed E-state index contributed by atoms with van der Waals surface area (Å²) in [5, 5.41) is 9.10. The minimum atomic E-state index is -0.792. The van der Waals surface area contributed by atoms with E-state index in [0.717, 1.165) is 17.9 Å². The molecule has 0 saturated carbocycles. The van der Waals surface area contributed by atoms with E-state index in [2.05, 4.69) is 6.92 Å². The quantitative estimate of drug-likeness (QED) is 0.441. The van der Waals surface area contributed by atoms with Gasteiger partial charge in [-0.25, -0.2) is 0 Å². The van der Waals surface area contributed by atoms with Crippen molar-refractivity contribution in [1.29, 1.82) is 0 Å². The minimum Gasteiger partial charge on any atom is -0.481 e. The van der Waals surface area contributed by atoms with Crippen molar-refractivity contribution in [3.05, 3.63) is 60.2 Å². The summed E-state index contributed by atoms with van der Waals surface area (Å²) in [7, 11) is 0. The Kier molecular flexibility index (Phi) is 12.4. The van der Waals surface area contributed by atoms with E-state index in [9.17, 15) is 4.79 Å². The molecule has 2 aromatic rings. The normalized spacial score (nSPS) is 11.2. The Morgan fingerprint density at radius 3 is 2.00 bits per heavy atom. The molecule has 0 aliphatic carbocycles. The van der Waals surface area contributed by atoms with Crippen LogP contribution in [0.4, 0.5) is 0 Å². The lowest BCUT2D eigenvalue weighted by molar-refractivity contribution is -0.138. The van der Waals surface area contributed by atoms with Crippen LogP contribution in [0, 0.1) is 0 Å². The molecule has 0 fully saturated rings. The molecule has 2 rings (SSSR count). The van der Waals surface area contributed by atoms with Crippen molar-refractivity contribution < 1.29 is 14.6 Å². The van der Waals surface area contributed by atoms with E-state index in [1.807, 2.05) is 37.3 Å². The summed E-state index contributed by atoms with van der Waals surface area (Å²) < 4.78 is 5.66. The van der Waals surface area contributed by atoms with Crippen LogP contribution in [0.5, 0.6) is 11.5 Å². The van der Waals surface area contributed by atoms with E-state index >= 15 is 0 Å². The van der Waals surface area contributed by atoms with Crippen LogP contribution in [0.2, 0.25) is 0 Å². The smallest absolute Gasteiger partial charge is 0.310 e. The zero-order valence-corrected chi connectivity index (χ0v) is 17.3. The molecule has 3 N–H and O–H groups in total. The van der Waals surface area contributed by atoms with Crippen molar-refractivity contribution in [3.63, 3.8) is 0 Å². The van der Waals surface area contributed by atoms with E-state index in [0.29, 0.717) is 12.2 Å². The second kappa shape index (κ2) is 14.7. The lowest BCUT2D eigenvalue weighted by atomic mass is 9.97. The molecule has 0 heterocycles. The maximum atomic E-state index is 11.1. The van der Waals surface area contributed by atoms with Crippen molar-refractivity contribution in [2.45, 2.75) is 64.7 Å². The number of para-hydroxylation sites is 1. The highest BCUT2D eigenvalue weighted by Gasteiger charge is 2.17. The van der Waals surface area contributed by atoms with Gasteiger partial charge >= 0.3 is 5.97 Å². The Balaban J connectivity index is 0.000000370. The van der Waals surface area contributed by atoms with E-state index in [1.54, 1.807) is 24.3 Å². The van der Waals surface area contributed by atoms with Gasteiger partial charge in [-0.3, -0.25) is 4.79 Å². The number of aliphatic carboxylic acids is 1. The molecule has 1 unspecified atom stereocenters.